The average Bonchev–Trinajstić information content (AvgIpc) is 2.03. The monoisotopic (exact) mass is 205 g/mol. The summed E-state index contributed by atoms with van der Waals surface area (Å²) in [7, 11) is 0. The number of halogens is 3. The largest absolute Gasteiger partial charge is 0.416 e. The number of rotatable bonds is 1. The highest BCUT2D eigenvalue weighted by molar-refractivity contribution is 5.27. The third-order valence-corrected chi connectivity index (χ3v) is 1.74. The molecule has 0 fully saturated rings. The fourth-order valence-electron chi connectivity index (χ4n) is 0.998. The molecule has 0 aliphatic heterocycles. The van der Waals surface area contributed by atoms with Crippen molar-refractivity contribution in [2.24, 2.45) is 5.73 Å². The van der Waals surface area contributed by atoms with Gasteiger partial charge in [-0.3, -0.25) is 0 Å². The number of alkyl halides is 3. The molecule has 1 atom stereocenters. The minimum atomic E-state index is -4.29. The van der Waals surface area contributed by atoms with E-state index in [0.29, 0.717) is 5.56 Å². The SMILES string of the molecule is C.CC(N)c1cccc(C(F)(F)F)c1. The van der Waals surface area contributed by atoms with Crippen LogP contribution in [0.3, 0.4) is 0 Å². The van der Waals surface area contributed by atoms with E-state index in [1.165, 1.54) is 6.07 Å². The third-order valence-electron chi connectivity index (χ3n) is 1.74. The zero-order valence-corrected chi connectivity index (χ0v) is 7.10. The van der Waals surface area contributed by atoms with Crippen LogP contribution >= 0.6 is 0 Å². The lowest BCUT2D eigenvalue weighted by Gasteiger charge is -2.10. The first kappa shape index (κ1) is 13.0. The van der Waals surface area contributed by atoms with Gasteiger partial charge in [-0.2, -0.15) is 13.2 Å². The van der Waals surface area contributed by atoms with Crippen molar-refractivity contribution in [1.29, 1.82) is 0 Å². The highest BCUT2D eigenvalue weighted by atomic mass is 19.4. The fraction of sp³-hybridized carbons (Fsp3) is 0.400. The summed E-state index contributed by atoms with van der Waals surface area (Å²) in [6.45, 7) is 1.65. The van der Waals surface area contributed by atoms with Gasteiger partial charge in [0, 0.05) is 6.04 Å². The molecular weight excluding hydrogens is 191 g/mol. The molecule has 0 heterocycles. The second-order valence-electron chi connectivity index (χ2n) is 2.91. The Kier molecular flexibility index (Phi) is 4.13. The summed E-state index contributed by atoms with van der Waals surface area (Å²) in [5.41, 5.74) is 5.30. The number of hydrogen-bond acceptors (Lipinski definition) is 1. The fourth-order valence-corrected chi connectivity index (χ4v) is 0.998. The van der Waals surface area contributed by atoms with Crippen molar-refractivity contribution in [1.82, 2.24) is 0 Å². The molecule has 0 aliphatic carbocycles. The average molecular weight is 205 g/mol. The van der Waals surface area contributed by atoms with Gasteiger partial charge in [0.1, 0.15) is 0 Å². The summed E-state index contributed by atoms with van der Waals surface area (Å²) >= 11 is 0. The van der Waals surface area contributed by atoms with E-state index >= 15 is 0 Å². The predicted octanol–water partition coefficient (Wildman–Crippen LogP) is 3.36. The molecule has 14 heavy (non-hydrogen) atoms. The summed E-state index contributed by atoms with van der Waals surface area (Å²) in [4.78, 5) is 0. The van der Waals surface area contributed by atoms with Gasteiger partial charge in [-0.05, 0) is 24.6 Å². The van der Waals surface area contributed by atoms with E-state index in [1.54, 1.807) is 13.0 Å². The quantitative estimate of drug-likeness (QED) is 0.747. The van der Waals surface area contributed by atoms with Gasteiger partial charge in [-0.1, -0.05) is 19.6 Å². The van der Waals surface area contributed by atoms with E-state index < -0.39 is 11.7 Å². The topological polar surface area (TPSA) is 26.0 Å². The van der Waals surface area contributed by atoms with Crippen LogP contribution in [0.25, 0.3) is 0 Å². The molecule has 1 aromatic rings. The van der Waals surface area contributed by atoms with Crippen LogP contribution in [-0.4, -0.2) is 0 Å². The zero-order valence-electron chi connectivity index (χ0n) is 7.10. The summed E-state index contributed by atoms with van der Waals surface area (Å²) in [6, 6.07) is 4.68. The molecule has 1 aromatic carbocycles. The molecule has 0 spiro atoms. The molecular formula is C10H14F3N. The van der Waals surface area contributed by atoms with Crippen molar-refractivity contribution >= 4 is 0 Å². The lowest BCUT2D eigenvalue weighted by atomic mass is 10.1. The minimum Gasteiger partial charge on any atom is -0.324 e. The predicted molar refractivity (Wildman–Crippen MR) is 50.8 cm³/mol. The molecule has 2 N–H and O–H groups in total. The number of benzene rings is 1. The number of nitrogens with two attached hydrogens (primary N) is 1. The maximum absolute atomic E-state index is 12.2. The minimum absolute atomic E-state index is 0. The molecule has 0 radical (unpaired) electrons. The lowest BCUT2D eigenvalue weighted by molar-refractivity contribution is -0.137. The lowest BCUT2D eigenvalue weighted by Crippen LogP contribution is -2.09. The van der Waals surface area contributed by atoms with Crippen LogP contribution < -0.4 is 5.73 Å². The maximum atomic E-state index is 12.2. The van der Waals surface area contributed by atoms with E-state index in [2.05, 4.69) is 0 Å². The van der Waals surface area contributed by atoms with Crippen LogP contribution in [-0.2, 0) is 6.18 Å². The second kappa shape index (κ2) is 4.46. The summed E-state index contributed by atoms with van der Waals surface area (Å²) in [5, 5.41) is 0. The molecule has 1 nitrogen and oxygen atoms in total. The van der Waals surface area contributed by atoms with E-state index in [1.807, 2.05) is 0 Å². The molecule has 0 aliphatic rings. The molecule has 4 heteroatoms. The van der Waals surface area contributed by atoms with Crippen LogP contribution in [0.4, 0.5) is 13.2 Å². The Labute approximate surface area is 81.7 Å². The summed E-state index contributed by atoms with van der Waals surface area (Å²) < 4.78 is 36.6. The third kappa shape index (κ3) is 3.03. The van der Waals surface area contributed by atoms with Crippen molar-refractivity contribution in [3.8, 4) is 0 Å². The van der Waals surface area contributed by atoms with Gasteiger partial charge >= 0.3 is 6.18 Å². The van der Waals surface area contributed by atoms with Gasteiger partial charge in [-0.25, -0.2) is 0 Å². The van der Waals surface area contributed by atoms with Crippen molar-refractivity contribution in [3.63, 3.8) is 0 Å². The molecule has 80 valence electrons. The Morgan fingerprint density at radius 3 is 2.29 bits per heavy atom. The van der Waals surface area contributed by atoms with E-state index in [9.17, 15) is 13.2 Å². The molecule has 0 bridgehead atoms. The maximum Gasteiger partial charge on any atom is 0.416 e. The standard InChI is InChI=1S/C9H10F3N.CH4/c1-6(13)7-3-2-4-8(5-7)9(10,11)12;/h2-6H,13H2,1H3;1H4. The van der Waals surface area contributed by atoms with Crippen LogP contribution in [0, 0.1) is 0 Å². The van der Waals surface area contributed by atoms with Crippen LogP contribution in [0.15, 0.2) is 24.3 Å². The summed E-state index contributed by atoms with van der Waals surface area (Å²) in [5.74, 6) is 0. The first-order valence-corrected chi connectivity index (χ1v) is 3.84. The summed E-state index contributed by atoms with van der Waals surface area (Å²) in [6.07, 6.45) is -4.29. The zero-order chi connectivity index (χ0) is 10.1. The Bertz CT molecular complexity index is 292. The molecule has 1 unspecified atom stereocenters. The van der Waals surface area contributed by atoms with E-state index in [0.717, 1.165) is 12.1 Å². The Balaban J connectivity index is 0.00000169. The first-order chi connectivity index (χ1) is 5.91. The van der Waals surface area contributed by atoms with Crippen LogP contribution in [0.1, 0.15) is 31.5 Å². The first-order valence-electron chi connectivity index (χ1n) is 3.84. The highest BCUT2D eigenvalue weighted by Crippen LogP contribution is 2.30. The van der Waals surface area contributed by atoms with E-state index in [4.69, 9.17) is 5.73 Å². The molecule has 0 aromatic heterocycles. The second-order valence-corrected chi connectivity index (χ2v) is 2.91. The van der Waals surface area contributed by atoms with Crippen molar-refractivity contribution in [2.75, 3.05) is 0 Å². The van der Waals surface area contributed by atoms with Crippen molar-refractivity contribution in [2.45, 2.75) is 26.6 Å². The van der Waals surface area contributed by atoms with E-state index in [-0.39, 0.29) is 13.5 Å². The van der Waals surface area contributed by atoms with Gasteiger partial charge in [0.15, 0.2) is 0 Å². The van der Waals surface area contributed by atoms with Crippen LogP contribution in [0.5, 0.6) is 0 Å². The van der Waals surface area contributed by atoms with Crippen molar-refractivity contribution < 1.29 is 13.2 Å². The van der Waals surface area contributed by atoms with Gasteiger partial charge in [-0.15, -0.1) is 0 Å². The Morgan fingerprint density at radius 2 is 1.86 bits per heavy atom. The normalized spacial score (nSPS) is 13.2. The van der Waals surface area contributed by atoms with Gasteiger partial charge in [0.25, 0.3) is 0 Å². The van der Waals surface area contributed by atoms with Crippen LogP contribution in [0.2, 0.25) is 0 Å². The smallest absolute Gasteiger partial charge is 0.324 e. The van der Waals surface area contributed by atoms with Crippen molar-refractivity contribution in [3.05, 3.63) is 35.4 Å². The molecule has 1 rings (SSSR count). The highest BCUT2D eigenvalue weighted by Gasteiger charge is 2.30. The van der Waals surface area contributed by atoms with Gasteiger partial charge in [0.2, 0.25) is 0 Å². The van der Waals surface area contributed by atoms with Gasteiger partial charge < -0.3 is 5.73 Å². The molecule has 0 amide bonds. The molecule has 0 saturated carbocycles. The molecule has 0 saturated heterocycles. The van der Waals surface area contributed by atoms with Gasteiger partial charge in [0.05, 0.1) is 5.56 Å². The Morgan fingerprint density at radius 1 is 1.29 bits per heavy atom. The number of hydrogen-bond donors (Lipinski definition) is 1. The Hall–Kier alpha value is -1.03.